The molecule has 0 radical (unpaired) electrons. The van der Waals surface area contributed by atoms with Crippen molar-refractivity contribution >= 4 is 23.2 Å². The summed E-state index contributed by atoms with van der Waals surface area (Å²) in [6.45, 7) is 2.51. The Balaban J connectivity index is 1.98. The molecule has 0 fully saturated rings. The van der Waals surface area contributed by atoms with Gasteiger partial charge in [0.1, 0.15) is 12.4 Å². The average Bonchev–Trinajstić information content (AvgIpc) is 3.11. The molecule has 0 aliphatic rings. The van der Waals surface area contributed by atoms with Crippen LogP contribution in [-0.2, 0) is 17.9 Å². The summed E-state index contributed by atoms with van der Waals surface area (Å²) in [5.41, 5.74) is 5.28. The van der Waals surface area contributed by atoms with Gasteiger partial charge in [0.25, 0.3) is 5.91 Å². The highest BCUT2D eigenvalue weighted by Gasteiger charge is 2.16. The second-order valence-electron chi connectivity index (χ2n) is 4.63. The predicted molar refractivity (Wildman–Crippen MR) is 78.5 cm³/mol. The molecule has 122 valence electrons. The largest absolute Gasteiger partial charge is 0.364 e. The molecule has 0 atom stereocenters. The van der Waals surface area contributed by atoms with Crippen molar-refractivity contribution in [2.45, 2.75) is 26.4 Å². The summed E-state index contributed by atoms with van der Waals surface area (Å²) in [5, 5.41) is 20.8. The first-order valence-corrected chi connectivity index (χ1v) is 6.74. The summed E-state index contributed by atoms with van der Waals surface area (Å²) in [7, 11) is 0. The van der Waals surface area contributed by atoms with Gasteiger partial charge < -0.3 is 11.1 Å². The number of aromatic nitrogens is 4. The normalized spacial score (nSPS) is 10.5. The van der Waals surface area contributed by atoms with E-state index in [9.17, 15) is 19.7 Å². The van der Waals surface area contributed by atoms with E-state index in [0.29, 0.717) is 6.54 Å². The lowest BCUT2D eigenvalue weighted by molar-refractivity contribution is -0.385. The lowest BCUT2D eigenvalue weighted by Gasteiger charge is -2.04. The summed E-state index contributed by atoms with van der Waals surface area (Å²) in [4.78, 5) is 33.2. The van der Waals surface area contributed by atoms with Crippen LogP contribution in [0.25, 0.3) is 0 Å². The van der Waals surface area contributed by atoms with Gasteiger partial charge >= 0.3 is 5.69 Å². The smallest absolute Gasteiger partial charge is 0.306 e. The SMILES string of the molecule is CCn1cc(NC(=O)CCn2cc([N+](=O)[O-])cn2)c(C(N)=O)n1. The van der Waals surface area contributed by atoms with Crippen LogP contribution in [0.4, 0.5) is 11.4 Å². The molecule has 3 N–H and O–H groups in total. The van der Waals surface area contributed by atoms with Gasteiger partial charge in [-0.3, -0.25) is 29.1 Å². The number of rotatable bonds is 7. The van der Waals surface area contributed by atoms with Gasteiger partial charge in [0.2, 0.25) is 5.91 Å². The van der Waals surface area contributed by atoms with Gasteiger partial charge in [-0.25, -0.2) is 0 Å². The molecule has 0 aliphatic heterocycles. The molecule has 0 saturated carbocycles. The maximum absolute atomic E-state index is 11.9. The van der Waals surface area contributed by atoms with E-state index in [2.05, 4.69) is 15.5 Å². The van der Waals surface area contributed by atoms with E-state index < -0.39 is 10.8 Å². The van der Waals surface area contributed by atoms with Crippen LogP contribution in [0.3, 0.4) is 0 Å². The van der Waals surface area contributed by atoms with Crippen LogP contribution in [0.1, 0.15) is 23.8 Å². The van der Waals surface area contributed by atoms with Crippen molar-refractivity contribution in [2.24, 2.45) is 5.73 Å². The second-order valence-corrected chi connectivity index (χ2v) is 4.63. The number of carbonyl (C=O) groups excluding carboxylic acids is 2. The number of hydrogen-bond acceptors (Lipinski definition) is 6. The van der Waals surface area contributed by atoms with Crippen molar-refractivity contribution in [1.82, 2.24) is 19.6 Å². The number of aryl methyl sites for hydroxylation is 2. The molecule has 11 heteroatoms. The lowest BCUT2D eigenvalue weighted by atomic mass is 10.3. The van der Waals surface area contributed by atoms with Crippen molar-refractivity contribution in [3.05, 3.63) is 34.4 Å². The molecule has 0 unspecified atom stereocenters. The first-order valence-electron chi connectivity index (χ1n) is 6.74. The van der Waals surface area contributed by atoms with Crippen LogP contribution in [0.15, 0.2) is 18.6 Å². The minimum atomic E-state index is -0.741. The van der Waals surface area contributed by atoms with Crippen molar-refractivity contribution in [1.29, 1.82) is 0 Å². The van der Waals surface area contributed by atoms with Crippen molar-refractivity contribution in [2.75, 3.05) is 5.32 Å². The molecule has 0 spiro atoms. The Labute approximate surface area is 130 Å². The van der Waals surface area contributed by atoms with Crippen LogP contribution in [0, 0.1) is 10.1 Å². The minimum Gasteiger partial charge on any atom is -0.364 e. The molecule has 2 aromatic rings. The zero-order chi connectivity index (χ0) is 17.0. The number of anilines is 1. The Bertz CT molecular complexity index is 748. The van der Waals surface area contributed by atoms with Crippen molar-refractivity contribution in [3.8, 4) is 0 Å². The number of nitro groups is 1. The number of hydrogen-bond donors (Lipinski definition) is 2. The van der Waals surface area contributed by atoms with Crippen LogP contribution < -0.4 is 11.1 Å². The van der Waals surface area contributed by atoms with Crippen molar-refractivity contribution in [3.63, 3.8) is 0 Å². The Hall–Kier alpha value is -3.24. The molecule has 2 aromatic heterocycles. The van der Waals surface area contributed by atoms with Gasteiger partial charge in [-0.05, 0) is 6.92 Å². The van der Waals surface area contributed by atoms with Crippen LogP contribution in [0.2, 0.25) is 0 Å². The Morgan fingerprint density at radius 2 is 2.13 bits per heavy atom. The molecule has 23 heavy (non-hydrogen) atoms. The molecule has 0 aliphatic carbocycles. The summed E-state index contributed by atoms with van der Waals surface area (Å²) in [5.74, 6) is -1.13. The van der Waals surface area contributed by atoms with Gasteiger partial charge in [0.15, 0.2) is 5.69 Å². The summed E-state index contributed by atoms with van der Waals surface area (Å²) < 4.78 is 2.77. The van der Waals surface area contributed by atoms with E-state index in [1.54, 1.807) is 0 Å². The molecule has 0 bridgehead atoms. The van der Waals surface area contributed by atoms with Crippen LogP contribution in [-0.4, -0.2) is 36.3 Å². The highest BCUT2D eigenvalue weighted by molar-refractivity contribution is 6.01. The topological polar surface area (TPSA) is 151 Å². The zero-order valence-corrected chi connectivity index (χ0v) is 12.3. The van der Waals surface area contributed by atoms with E-state index in [0.717, 1.165) is 6.20 Å². The first kappa shape index (κ1) is 16.1. The number of nitrogens with two attached hydrogens (primary N) is 1. The molecular weight excluding hydrogens is 306 g/mol. The van der Waals surface area contributed by atoms with E-state index in [-0.39, 0.29) is 35.9 Å². The average molecular weight is 321 g/mol. The molecule has 2 heterocycles. The summed E-state index contributed by atoms with van der Waals surface area (Å²) >= 11 is 0. The number of nitrogens with one attached hydrogen (secondary N) is 1. The van der Waals surface area contributed by atoms with E-state index in [1.165, 1.54) is 21.8 Å². The monoisotopic (exact) mass is 321 g/mol. The van der Waals surface area contributed by atoms with Crippen molar-refractivity contribution < 1.29 is 14.5 Å². The number of carbonyl (C=O) groups is 2. The first-order chi connectivity index (χ1) is 10.9. The van der Waals surface area contributed by atoms with Gasteiger partial charge in [-0.2, -0.15) is 10.2 Å². The minimum absolute atomic E-state index is 0.0186. The van der Waals surface area contributed by atoms with Gasteiger partial charge in [0.05, 0.1) is 10.6 Å². The Kier molecular flexibility index (Phi) is 4.69. The van der Waals surface area contributed by atoms with E-state index >= 15 is 0 Å². The zero-order valence-electron chi connectivity index (χ0n) is 12.3. The standard InChI is InChI=1S/C12H15N7O4/c1-2-17-7-9(11(16-17)12(13)21)15-10(20)3-4-18-6-8(5-14-18)19(22)23/h5-7H,2-4H2,1H3,(H2,13,21)(H,15,20). The van der Waals surface area contributed by atoms with E-state index in [4.69, 9.17) is 5.73 Å². The third-order valence-corrected chi connectivity index (χ3v) is 2.99. The lowest BCUT2D eigenvalue weighted by Crippen LogP contribution is -2.19. The summed E-state index contributed by atoms with van der Waals surface area (Å²) in [6, 6.07) is 0. The maximum atomic E-state index is 11.9. The molecule has 11 nitrogen and oxygen atoms in total. The third-order valence-electron chi connectivity index (χ3n) is 2.99. The summed E-state index contributed by atoms with van der Waals surface area (Å²) in [6.07, 6.45) is 3.87. The molecule has 0 aromatic carbocycles. The third kappa shape index (κ3) is 3.90. The van der Waals surface area contributed by atoms with Gasteiger partial charge in [-0.15, -0.1) is 0 Å². The second kappa shape index (κ2) is 6.68. The highest BCUT2D eigenvalue weighted by atomic mass is 16.6. The van der Waals surface area contributed by atoms with Crippen LogP contribution in [0.5, 0.6) is 0 Å². The Morgan fingerprint density at radius 3 is 2.70 bits per heavy atom. The van der Waals surface area contributed by atoms with Crippen LogP contribution >= 0.6 is 0 Å². The fraction of sp³-hybridized carbons (Fsp3) is 0.333. The quantitative estimate of drug-likeness (QED) is 0.546. The maximum Gasteiger partial charge on any atom is 0.306 e. The Morgan fingerprint density at radius 1 is 1.39 bits per heavy atom. The van der Waals surface area contributed by atoms with Gasteiger partial charge in [-0.1, -0.05) is 0 Å². The molecule has 2 amide bonds. The molecule has 2 rings (SSSR count). The highest BCUT2D eigenvalue weighted by Crippen LogP contribution is 2.14. The van der Waals surface area contributed by atoms with E-state index in [1.807, 2.05) is 6.92 Å². The fourth-order valence-corrected chi connectivity index (χ4v) is 1.85. The number of amides is 2. The van der Waals surface area contributed by atoms with Gasteiger partial charge in [0, 0.05) is 25.7 Å². The number of primary amides is 1. The predicted octanol–water partition coefficient (Wildman–Crippen LogP) is 0.135. The number of nitrogens with zero attached hydrogens (tertiary/aromatic N) is 5. The fourth-order valence-electron chi connectivity index (χ4n) is 1.85. The molecule has 0 saturated heterocycles. The molecular formula is C12H15N7O4.